The van der Waals surface area contributed by atoms with Crippen molar-refractivity contribution in [3.05, 3.63) is 48.3 Å². The summed E-state index contributed by atoms with van der Waals surface area (Å²) in [4.78, 5) is 0. The molecule has 3 rings (SSSR count). The van der Waals surface area contributed by atoms with Crippen LogP contribution in [0.2, 0.25) is 0 Å². The number of methoxy groups -OCH3 is 1. The molecule has 7 heteroatoms. The van der Waals surface area contributed by atoms with E-state index < -0.39 is 5.82 Å². The van der Waals surface area contributed by atoms with Crippen LogP contribution in [0.3, 0.4) is 0 Å². The van der Waals surface area contributed by atoms with Crippen LogP contribution in [0.25, 0.3) is 17.1 Å². The third-order valence-electron chi connectivity index (χ3n) is 3.01. The molecule has 2 N–H and O–H groups in total. The predicted molar refractivity (Wildman–Crippen MR) is 75.5 cm³/mol. The highest BCUT2D eigenvalue weighted by molar-refractivity contribution is 5.70. The Kier molecular flexibility index (Phi) is 3.23. The number of nitrogens with two attached hydrogens (primary N) is 1. The first-order valence-corrected chi connectivity index (χ1v) is 6.18. The average Bonchev–Trinajstić information content (AvgIpc) is 2.96. The first-order valence-electron chi connectivity index (χ1n) is 6.18. The molecule has 0 fully saturated rings. The van der Waals surface area contributed by atoms with Crippen molar-refractivity contribution < 1.29 is 9.13 Å². The summed E-state index contributed by atoms with van der Waals surface area (Å²) >= 11 is 0. The Bertz CT molecular complexity index is 787. The molecular weight excluding hydrogens is 273 g/mol. The fraction of sp³-hybridized carbons (Fsp3) is 0.0714. The standard InChI is InChI=1S/C14H12FN5O/c1-21-13-7-6-9(16)8-10(13)14-17-18-19-20(14)12-5-3-2-4-11(12)15/h2-8H,16H2,1H3. The average molecular weight is 285 g/mol. The Hall–Kier alpha value is -2.96. The second-order valence-electron chi connectivity index (χ2n) is 4.33. The van der Waals surface area contributed by atoms with Gasteiger partial charge in [-0.3, -0.25) is 0 Å². The summed E-state index contributed by atoms with van der Waals surface area (Å²) in [6.45, 7) is 0. The molecule has 0 saturated carbocycles. The SMILES string of the molecule is COc1ccc(N)cc1-c1nnnn1-c1ccccc1F. The van der Waals surface area contributed by atoms with Crippen LogP contribution in [-0.2, 0) is 0 Å². The molecule has 106 valence electrons. The van der Waals surface area contributed by atoms with Gasteiger partial charge in [0, 0.05) is 5.69 Å². The maximum absolute atomic E-state index is 13.9. The van der Waals surface area contributed by atoms with Gasteiger partial charge in [0.1, 0.15) is 17.3 Å². The Labute approximate surface area is 120 Å². The van der Waals surface area contributed by atoms with Crippen molar-refractivity contribution in [2.24, 2.45) is 0 Å². The van der Waals surface area contributed by atoms with E-state index in [0.717, 1.165) is 0 Å². The van der Waals surface area contributed by atoms with Crippen LogP contribution in [0, 0.1) is 5.82 Å². The third-order valence-corrected chi connectivity index (χ3v) is 3.01. The number of para-hydroxylation sites is 1. The molecule has 0 aliphatic carbocycles. The summed E-state index contributed by atoms with van der Waals surface area (Å²) in [6.07, 6.45) is 0. The van der Waals surface area contributed by atoms with Gasteiger partial charge < -0.3 is 10.5 Å². The van der Waals surface area contributed by atoms with Gasteiger partial charge in [0.2, 0.25) is 0 Å². The van der Waals surface area contributed by atoms with Crippen LogP contribution < -0.4 is 10.5 Å². The van der Waals surface area contributed by atoms with Gasteiger partial charge in [0.15, 0.2) is 5.82 Å². The molecule has 6 nitrogen and oxygen atoms in total. The molecule has 0 aliphatic rings. The Balaban J connectivity index is 2.21. The van der Waals surface area contributed by atoms with Crippen LogP contribution in [0.5, 0.6) is 5.75 Å². The summed E-state index contributed by atoms with van der Waals surface area (Å²) in [5, 5.41) is 11.4. The first kappa shape index (κ1) is 13.0. The van der Waals surface area contributed by atoms with Gasteiger partial charge in [-0.2, -0.15) is 4.68 Å². The van der Waals surface area contributed by atoms with Crippen LogP contribution in [0.1, 0.15) is 0 Å². The van der Waals surface area contributed by atoms with Crippen molar-refractivity contribution in [2.45, 2.75) is 0 Å². The molecule has 21 heavy (non-hydrogen) atoms. The summed E-state index contributed by atoms with van der Waals surface area (Å²) in [5.41, 5.74) is 7.18. The normalized spacial score (nSPS) is 10.6. The smallest absolute Gasteiger partial charge is 0.191 e. The molecule has 0 spiro atoms. The minimum absolute atomic E-state index is 0.252. The van der Waals surface area contributed by atoms with Crippen LogP contribution >= 0.6 is 0 Å². The number of nitrogen functional groups attached to an aromatic ring is 1. The number of hydrogen-bond acceptors (Lipinski definition) is 5. The number of halogens is 1. The molecule has 0 saturated heterocycles. The Morgan fingerprint density at radius 3 is 2.76 bits per heavy atom. The zero-order valence-corrected chi connectivity index (χ0v) is 11.2. The number of benzene rings is 2. The number of ether oxygens (including phenoxy) is 1. The molecular formula is C14H12FN5O. The molecule has 0 amide bonds. The third kappa shape index (κ3) is 2.29. The second kappa shape index (κ2) is 5.20. The number of tetrazole rings is 1. The zero-order chi connectivity index (χ0) is 14.8. The monoisotopic (exact) mass is 285 g/mol. The Morgan fingerprint density at radius 1 is 1.19 bits per heavy atom. The number of anilines is 1. The predicted octanol–water partition coefficient (Wildman–Crippen LogP) is 2.06. The number of hydrogen-bond donors (Lipinski definition) is 1. The quantitative estimate of drug-likeness (QED) is 0.745. The van der Waals surface area contributed by atoms with Crippen LogP contribution in [-0.4, -0.2) is 27.3 Å². The highest BCUT2D eigenvalue weighted by Gasteiger charge is 2.17. The van der Waals surface area contributed by atoms with E-state index >= 15 is 0 Å². The van der Waals surface area contributed by atoms with Crippen LogP contribution in [0.4, 0.5) is 10.1 Å². The second-order valence-corrected chi connectivity index (χ2v) is 4.33. The van der Waals surface area contributed by atoms with Gasteiger partial charge in [-0.25, -0.2) is 4.39 Å². The lowest BCUT2D eigenvalue weighted by molar-refractivity contribution is 0.416. The minimum atomic E-state index is -0.422. The first-order chi connectivity index (χ1) is 10.2. The van der Waals surface area contributed by atoms with Crippen molar-refractivity contribution in [1.29, 1.82) is 0 Å². The maximum atomic E-state index is 13.9. The minimum Gasteiger partial charge on any atom is -0.496 e. The highest BCUT2D eigenvalue weighted by atomic mass is 19.1. The lowest BCUT2D eigenvalue weighted by Gasteiger charge is -2.10. The van der Waals surface area contributed by atoms with Gasteiger partial charge in [-0.1, -0.05) is 12.1 Å². The molecule has 0 bridgehead atoms. The van der Waals surface area contributed by atoms with E-state index in [9.17, 15) is 4.39 Å². The van der Waals surface area contributed by atoms with Crippen molar-refractivity contribution in [1.82, 2.24) is 20.2 Å². The van der Waals surface area contributed by atoms with E-state index in [1.807, 2.05) is 0 Å². The van der Waals surface area contributed by atoms with Gasteiger partial charge >= 0.3 is 0 Å². The molecule has 2 aromatic carbocycles. The van der Waals surface area contributed by atoms with Gasteiger partial charge in [0.25, 0.3) is 0 Å². The van der Waals surface area contributed by atoms with Gasteiger partial charge in [-0.05, 0) is 40.8 Å². The van der Waals surface area contributed by atoms with Crippen molar-refractivity contribution in [2.75, 3.05) is 12.8 Å². The van der Waals surface area contributed by atoms with E-state index in [2.05, 4.69) is 15.5 Å². The molecule has 1 heterocycles. The van der Waals surface area contributed by atoms with E-state index in [1.165, 1.54) is 17.9 Å². The van der Waals surface area contributed by atoms with E-state index in [-0.39, 0.29) is 5.69 Å². The molecule has 0 atom stereocenters. The molecule has 3 aromatic rings. The Morgan fingerprint density at radius 2 is 2.00 bits per heavy atom. The summed E-state index contributed by atoms with van der Waals surface area (Å²) < 4.78 is 20.5. The van der Waals surface area contributed by atoms with Crippen LogP contribution in [0.15, 0.2) is 42.5 Å². The summed E-state index contributed by atoms with van der Waals surface area (Å²) in [7, 11) is 1.53. The fourth-order valence-electron chi connectivity index (χ4n) is 2.04. The van der Waals surface area contributed by atoms with Gasteiger partial charge in [0.05, 0.1) is 12.7 Å². The molecule has 1 aromatic heterocycles. The topological polar surface area (TPSA) is 78.8 Å². The number of aromatic nitrogens is 4. The van der Waals surface area contributed by atoms with E-state index in [4.69, 9.17) is 10.5 Å². The molecule has 0 aliphatic heterocycles. The number of nitrogens with zero attached hydrogens (tertiary/aromatic N) is 4. The number of rotatable bonds is 3. The lowest BCUT2D eigenvalue weighted by Crippen LogP contribution is -2.03. The molecule has 0 unspecified atom stereocenters. The van der Waals surface area contributed by atoms with Gasteiger partial charge in [-0.15, -0.1) is 5.10 Å². The zero-order valence-electron chi connectivity index (χ0n) is 11.2. The van der Waals surface area contributed by atoms with E-state index in [1.54, 1.807) is 36.4 Å². The van der Waals surface area contributed by atoms with Crippen molar-refractivity contribution in [3.63, 3.8) is 0 Å². The van der Waals surface area contributed by atoms with Crippen molar-refractivity contribution >= 4 is 5.69 Å². The summed E-state index contributed by atoms with van der Waals surface area (Å²) in [5.74, 6) is 0.481. The summed E-state index contributed by atoms with van der Waals surface area (Å²) in [6, 6.07) is 11.3. The molecule has 0 radical (unpaired) electrons. The highest BCUT2D eigenvalue weighted by Crippen LogP contribution is 2.31. The fourth-order valence-corrected chi connectivity index (χ4v) is 2.04. The van der Waals surface area contributed by atoms with E-state index in [0.29, 0.717) is 22.8 Å². The lowest BCUT2D eigenvalue weighted by atomic mass is 10.1. The maximum Gasteiger partial charge on any atom is 0.191 e. The van der Waals surface area contributed by atoms with Crippen molar-refractivity contribution in [3.8, 4) is 22.8 Å². The largest absolute Gasteiger partial charge is 0.496 e.